The van der Waals surface area contributed by atoms with Crippen LogP contribution in [0.4, 0.5) is 0 Å². The van der Waals surface area contributed by atoms with Gasteiger partial charge >= 0.3 is 0 Å². The minimum absolute atomic E-state index is 0.149. The molecule has 2 N–H and O–H groups in total. The van der Waals surface area contributed by atoms with Crippen LogP contribution in [0.2, 0.25) is 0 Å². The smallest absolute Gasteiger partial charge is 0.252 e. The van der Waals surface area contributed by atoms with Gasteiger partial charge in [0.15, 0.2) is 0 Å². The van der Waals surface area contributed by atoms with Gasteiger partial charge in [-0.25, -0.2) is 0 Å². The van der Waals surface area contributed by atoms with Gasteiger partial charge in [-0.15, -0.1) is 6.42 Å². The summed E-state index contributed by atoms with van der Waals surface area (Å²) in [6.07, 6.45) is 5.01. The van der Waals surface area contributed by atoms with Gasteiger partial charge in [0.1, 0.15) is 5.75 Å². The van der Waals surface area contributed by atoms with E-state index >= 15 is 0 Å². The highest BCUT2D eigenvalue weighted by Crippen LogP contribution is 2.15. The standard InChI is InChI=1S/C11H11NO2/c1-3-6-12-11(14)10-5-4-9(13)7-8(10)2/h1,4-5,7,13H,6H2,2H3,(H,12,14). The Morgan fingerprint density at radius 1 is 1.64 bits per heavy atom. The second kappa shape index (κ2) is 4.33. The van der Waals surface area contributed by atoms with Crippen molar-refractivity contribution in [3.8, 4) is 18.1 Å². The Morgan fingerprint density at radius 2 is 2.36 bits per heavy atom. The molecule has 3 nitrogen and oxygen atoms in total. The maximum absolute atomic E-state index is 11.4. The number of amides is 1. The van der Waals surface area contributed by atoms with E-state index in [1.165, 1.54) is 12.1 Å². The number of benzene rings is 1. The van der Waals surface area contributed by atoms with Gasteiger partial charge in [0.2, 0.25) is 0 Å². The molecule has 0 unspecified atom stereocenters. The first-order valence-corrected chi connectivity index (χ1v) is 4.16. The summed E-state index contributed by atoms with van der Waals surface area (Å²) in [5.41, 5.74) is 1.25. The lowest BCUT2D eigenvalue weighted by Crippen LogP contribution is -2.24. The molecule has 1 aromatic carbocycles. The highest BCUT2D eigenvalue weighted by atomic mass is 16.3. The van der Waals surface area contributed by atoms with E-state index in [-0.39, 0.29) is 18.2 Å². The number of aromatic hydroxyl groups is 1. The van der Waals surface area contributed by atoms with Gasteiger partial charge in [-0.3, -0.25) is 4.79 Å². The summed E-state index contributed by atoms with van der Waals surface area (Å²) in [6, 6.07) is 4.57. The lowest BCUT2D eigenvalue weighted by atomic mass is 10.1. The molecule has 72 valence electrons. The van der Waals surface area contributed by atoms with Crippen LogP contribution < -0.4 is 5.32 Å². The Balaban J connectivity index is 2.86. The van der Waals surface area contributed by atoms with Crippen molar-refractivity contribution in [1.29, 1.82) is 0 Å². The first-order valence-electron chi connectivity index (χ1n) is 4.16. The molecule has 3 heteroatoms. The van der Waals surface area contributed by atoms with Crippen LogP contribution >= 0.6 is 0 Å². The summed E-state index contributed by atoms with van der Waals surface area (Å²) >= 11 is 0. The lowest BCUT2D eigenvalue weighted by molar-refractivity contribution is 0.0958. The van der Waals surface area contributed by atoms with E-state index in [1.807, 2.05) is 0 Å². The van der Waals surface area contributed by atoms with Crippen LogP contribution in [0.3, 0.4) is 0 Å². The second-order valence-corrected chi connectivity index (χ2v) is 2.89. The van der Waals surface area contributed by atoms with Crippen LogP contribution in [0, 0.1) is 19.3 Å². The van der Waals surface area contributed by atoms with Gasteiger partial charge in [-0.2, -0.15) is 0 Å². The van der Waals surface area contributed by atoms with Crippen LogP contribution in [0.5, 0.6) is 5.75 Å². The highest BCUT2D eigenvalue weighted by molar-refractivity contribution is 5.95. The molecular weight excluding hydrogens is 178 g/mol. The normalized spacial score (nSPS) is 9.14. The number of carbonyl (C=O) groups is 1. The number of rotatable bonds is 2. The van der Waals surface area contributed by atoms with Gasteiger partial charge in [0.25, 0.3) is 5.91 Å². The zero-order valence-electron chi connectivity index (χ0n) is 7.87. The minimum Gasteiger partial charge on any atom is -0.508 e. The Kier molecular flexibility index (Phi) is 3.14. The largest absolute Gasteiger partial charge is 0.508 e. The summed E-state index contributed by atoms with van der Waals surface area (Å²) in [5, 5.41) is 11.7. The summed E-state index contributed by atoms with van der Waals surface area (Å²) in [4.78, 5) is 11.4. The number of nitrogens with one attached hydrogen (secondary N) is 1. The maximum Gasteiger partial charge on any atom is 0.252 e. The first-order chi connectivity index (χ1) is 6.65. The zero-order chi connectivity index (χ0) is 10.6. The molecule has 0 fully saturated rings. The lowest BCUT2D eigenvalue weighted by Gasteiger charge is -2.05. The fourth-order valence-electron chi connectivity index (χ4n) is 1.13. The SMILES string of the molecule is C#CCNC(=O)c1ccc(O)cc1C. The van der Waals surface area contributed by atoms with Gasteiger partial charge in [-0.05, 0) is 30.7 Å². The monoisotopic (exact) mass is 189 g/mol. The van der Waals surface area contributed by atoms with Crippen molar-refractivity contribution in [3.63, 3.8) is 0 Å². The molecule has 1 aromatic rings. The topological polar surface area (TPSA) is 49.3 Å². The van der Waals surface area contributed by atoms with E-state index in [0.29, 0.717) is 5.56 Å². The molecule has 14 heavy (non-hydrogen) atoms. The molecule has 0 heterocycles. The van der Waals surface area contributed by atoms with E-state index < -0.39 is 0 Å². The third-order valence-electron chi connectivity index (χ3n) is 1.81. The van der Waals surface area contributed by atoms with Crippen molar-refractivity contribution < 1.29 is 9.90 Å². The van der Waals surface area contributed by atoms with Crippen LogP contribution in [0.1, 0.15) is 15.9 Å². The molecule has 0 saturated carbocycles. The van der Waals surface area contributed by atoms with Crippen molar-refractivity contribution in [2.45, 2.75) is 6.92 Å². The Morgan fingerprint density at radius 3 is 2.93 bits per heavy atom. The second-order valence-electron chi connectivity index (χ2n) is 2.89. The molecule has 1 amide bonds. The number of hydrogen-bond acceptors (Lipinski definition) is 2. The number of phenolic OH excluding ortho intramolecular Hbond substituents is 1. The Labute approximate surface area is 82.8 Å². The number of aryl methyl sites for hydroxylation is 1. The summed E-state index contributed by atoms with van der Waals surface area (Å²) in [7, 11) is 0. The van der Waals surface area contributed by atoms with Gasteiger partial charge < -0.3 is 10.4 Å². The number of carbonyl (C=O) groups excluding carboxylic acids is 1. The van der Waals surface area contributed by atoms with E-state index in [9.17, 15) is 4.79 Å². The highest BCUT2D eigenvalue weighted by Gasteiger charge is 2.07. The number of terminal acetylenes is 1. The summed E-state index contributed by atoms with van der Waals surface area (Å²) in [5.74, 6) is 2.25. The van der Waals surface area contributed by atoms with Crippen LogP contribution in [-0.2, 0) is 0 Å². The fraction of sp³-hybridized carbons (Fsp3) is 0.182. The van der Waals surface area contributed by atoms with Gasteiger partial charge in [-0.1, -0.05) is 5.92 Å². The fourth-order valence-corrected chi connectivity index (χ4v) is 1.13. The molecular formula is C11H11NO2. The summed E-state index contributed by atoms with van der Waals surface area (Å²) < 4.78 is 0. The molecule has 0 bridgehead atoms. The predicted molar refractivity (Wildman–Crippen MR) is 54.0 cm³/mol. The van der Waals surface area contributed by atoms with Crippen molar-refractivity contribution in [2.24, 2.45) is 0 Å². The maximum atomic E-state index is 11.4. The average molecular weight is 189 g/mol. The molecule has 0 atom stereocenters. The van der Waals surface area contributed by atoms with Gasteiger partial charge in [0, 0.05) is 5.56 Å². The van der Waals surface area contributed by atoms with Crippen molar-refractivity contribution in [1.82, 2.24) is 5.32 Å². The van der Waals surface area contributed by atoms with Crippen molar-refractivity contribution in [2.75, 3.05) is 6.54 Å². The first kappa shape index (κ1) is 10.1. The number of hydrogen-bond donors (Lipinski definition) is 2. The molecule has 0 aliphatic carbocycles. The quantitative estimate of drug-likeness (QED) is 0.683. The third kappa shape index (κ3) is 2.27. The zero-order valence-corrected chi connectivity index (χ0v) is 7.87. The molecule has 1 rings (SSSR count). The van der Waals surface area contributed by atoms with E-state index in [2.05, 4.69) is 11.2 Å². The summed E-state index contributed by atoms with van der Waals surface area (Å²) in [6.45, 7) is 1.96. The van der Waals surface area contributed by atoms with Crippen molar-refractivity contribution in [3.05, 3.63) is 29.3 Å². The third-order valence-corrected chi connectivity index (χ3v) is 1.81. The number of phenols is 1. The van der Waals surface area contributed by atoms with Crippen molar-refractivity contribution >= 4 is 5.91 Å². The molecule has 0 aliphatic heterocycles. The minimum atomic E-state index is -0.222. The van der Waals surface area contributed by atoms with Crippen LogP contribution in [-0.4, -0.2) is 17.6 Å². The van der Waals surface area contributed by atoms with E-state index in [4.69, 9.17) is 11.5 Å². The molecule has 0 aromatic heterocycles. The van der Waals surface area contributed by atoms with E-state index in [0.717, 1.165) is 5.56 Å². The molecule has 0 radical (unpaired) electrons. The van der Waals surface area contributed by atoms with Crippen LogP contribution in [0.15, 0.2) is 18.2 Å². The predicted octanol–water partition coefficient (Wildman–Crippen LogP) is 1.06. The van der Waals surface area contributed by atoms with Gasteiger partial charge in [0.05, 0.1) is 6.54 Å². The molecule has 0 saturated heterocycles. The molecule has 0 spiro atoms. The average Bonchev–Trinajstić information content (AvgIpc) is 2.14. The Hall–Kier alpha value is -1.95. The Bertz CT molecular complexity index is 391. The van der Waals surface area contributed by atoms with E-state index in [1.54, 1.807) is 13.0 Å². The molecule has 0 aliphatic rings. The van der Waals surface area contributed by atoms with Crippen LogP contribution in [0.25, 0.3) is 0 Å².